The fourth-order valence-corrected chi connectivity index (χ4v) is 3.13. The molecule has 152 valence electrons. The summed E-state index contributed by atoms with van der Waals surface area (Å²) in [5, 5.41) is 3.94. The van der Waals surface area contributed by atoms with Gasteiger partial charge in [0.05, 0.1) is 19.9 Å². The summed E-state index contributed by atoms with van der Waals surface area (Å²) in [5.41, 5.74) is 1.55. The summed E-state index contributed by atoms with van der Waals surface area (Å²) in [5.74, 6) is 1.17. The van der Waals surface area contributed by atoms with Crippen molar-refractivity contribution in [1.82, 2.24) is 15.0 Å². The van der Waals surface area contributed by atoms with Gasteiger partial charge in [-0.3, -0.25) is 9.52 Å². The minimum atomic E-state index is -3.37. The lowest BCUT2D eigenvalue weighted by molar-refractivity contribution is 0.0769. The third kappa shape index (κ3) is 5.32. The number of ether oxygens (including phenoxy) is 1. The van der Waals surface area contributed by atoms with Crippen LogP contribution in [0.3, 0.4) is 0 Å². The highest BCUT2D eigenvalue weighted by Crippen LogP contribution is 2.20. The van der Waals surface area contributed by atoms with E-state index in [-0.39, 0.29) is 12.5 Å². The van der Waals surface area contributed by atoms with Crippen molar-refractivity contribution in [2.24, 2.45) is 0 Å². The maximum atomic E-state index is 12.6. The van der Waals surface area contributed by atoms with Gasteiger partial charge >= 0.3 is 0 Å². The molecule has 0 spiro atoms. The van der Waals surface area contributed by atoms with E-state index in [1.807, 2.05) is 12.1 Å². The topological polar surface area (TPSA) is 115 Å². The third-order valence-corrected chi connectivity index (χ3v) is 4.58. The van der Waals surface area contributed by atoms with Gasteiger partial charge in [-0.05, 0) is 48.5 Å². The molecule has 0 saturated heterocycles. The van der Waals surface area contributed by atoms with Crippen molar-refractivity contribution in [2.45, 2.75) is 6.54 Å². The second-order valence-corrected chi connectivity index (χ2v) is 8.10. The molecule has 3 aromatic rings. The van der Waals surface area contributed by atoms with Gasteiger partial charge < -0.3 is 14.2 Å². The van der Waals surface area contributed by atoms with Crippen LogP contribution in [0.25, 0.3) is 11.4 Å². The number of nitrogens with zero attached hydrogens (tertiary/aromatic N) is 3. The molecule has 0 unspecified atom stereocenters. The van der Waals surface area contributed by atoms with Crippen LogP contribution in [0.4, 0.5) is 5.69 Å². The van der Waals surface area contributed by atoms with Crippen LogP contribution in [0, 0.1) is 0 Å². The fraction of sp³-hybridized carbons (Fsp3) is 0.211. The quantitative estimate of drug-likeness (QED) is 0.629. The van der Waals surface area contributed by atoms with Gasteiger partial charge in [0.1, 0.15) is 5.75 Å². The first-order valence-electron chi connectivity index (χ1n) is 8.55. The Balaban J connectivity index is 1.66. The van der Waals surface area contributed by atoms with Crippen LogP contribution in [0.15, 0.2) is 53.1 Å². The van der Waals surface area contributed by atoms with E-state index in [0.29, 0.717) is 23.0 Å². The summed E-state index contributed by atoms with van der Waals surface area (Å²) in [6, 6.07) is 13.4. The van der Waals surface area contributed by atoms with Gasteiger partial charge in [0.25, 0.3) is 5.91 Å². The number of sulfonamides is 1. The Bertz CT molecular complexity index is 1090. The molecule has 0 aliphatic rings. The van der Waals surface area contributed by atoms with Gasteiger partial charge in [0.15, 0.2) is 0 Å². The minimum absolute atomic E-state index is 0.130. The molecule has 1 amide bonds. The highest BCUT2D eigenvalue weighted by Gasteiger charge is 2.16. The monoisotopic (exact) mass is 416 g/mol. The number of carbonyl (C=O) groups is 1. The van der Waals surface area contributed by atoms with Crippen molar-refractivity contribution in [1.29, 1.82) is 0 Å². The van der Waals surface area contributed by atoms with Gasteiger partial charge in [-0.25, -0.2) is 8.42 Å². The van der Waals surface area contributed by atoms with E-state index in [9.17, 15) is 13.2 Å². The number of aromatic nitrogens is 2. The van der Waals surface area contributed by atoms with Crippen LogP contribution in [0.5, 0.6) is 5.75 Å². The van der Waals surface area contributed by atoms with Gasteiger partial charge in [0.2, 0.25) is 21.7 Å². The van der Waals surface area contributed by atoms with E-state index in [0.717, 1.165) is 17.6 Å². The number of hydrogen-bond donors (Lipinski definition) is 1. The molecule has 1 aromatic heterocycles. The van der Waals surface area contributed by atoms with Crippen LogP contribution < -0.4 is 9.46 Å². The number of carbonyl (C=O) groups excluding carboxylic acids is 1. The molecule has 0 atom stereocenters. The number of rotatable bonds is 7. The lowest BCUT2D eigenvalue weighted by atomic mass is 10.2. The average Bonchev–Trinajstić information content (AvgIpc) is 3.15. The Labute approximate surface area is 168 Å². The van der Waals surface area contributed by atoms with Crippen molar-refractivity contribution in [3.63, 3.8) is 0 Å². The van der Waals surface area contributed by atoms with Crippen molar-refractivity contribution in [2.75, 3.05) is 25.1 Å². The number of hydrogen-bond acceptors (Lipinski definition) is 7. The summed E-state index contributed by atoms with van der Waals surface area (Å²) in [6.45, 7) is 0.130. The molecule has 9 nitrogen and oxygen atoms in total. The van der Waals surface area contributed by atoms with Crippen LogP contribution in [0.1, 0.15) is 16.2 Å². The Morgan fingerprint density at radius 1 is 1.14 bits per heavy atom. The number of anilines is 1. The Morgan fingerprint density at radius 2 is 1.79 bits per heavy atom. The molecule has 0 radical (unpaired) electrons. The summed E-state index contributed by atoms with van der Waals surface area (Å²) in [4.78, 5) is 18.3. The standard InChI is InChI=1S/C19H20N4O5S/c1-23(19(24)14-4-8-15(9-5-14)22-29(3,25)26)12-17-20-18(21-28-17)13-6-10-16(27-2)11-7-13/h4-11,22H,12H2,1-3H3. The number of benzene rings is 2. The van der Waals surface area contributed by atoms with E-state index in [1.54, 1.807) is 38.4 Å². The largest absolute Gasteiger partial charge is 0.497 e. The lowest BCUT2D eigenvalue weighted by Gasteiger charge is -2.15. The first-order valence-corrected chi connectivity index (χ1v) is 10.4. The van der Waals surface area contributed by atoms with Crippen molar-refractivity contribution in [3.05, 3.63) is 60.0 Å². The number of nitrogens with one attached hydrogen (secondary N) is 1. The van der Waals surface area contributed by atoms with E-state index in [2.05, 4.69) is 14.9 Å². The van der Waals surface area contributed by atoms with Crippen LogP contribution >= 0.6 is 0 Å². The van der Waals surface area contributed by atoms with Crippen molar-refractivity contribution in [3.8, 4) is 17.1 Å². The van der Waals surface area contributed by atoms with E-state index in [4.69, 9.17) is 9.26 Å². The molecule has 2 aromatic carbocycles. The third-order valence-electron chi connectivity index (χ3n) is 3.97. The average molecular weight is 416 g/mol. The van der Waals surface area contributed by atoms with Gasteiger partial charge in [0, 0.05) is 23.9 Å². The summed E-state index contributed by atoms with van der Waals surface area (Å²) < 4.78 is 35.2. The molecule has 1 heterocycles. The SMILES string of the molecule is COc1ccc(-c2noc(CN(C)C(=O)c3ccc(NS(C)(=O)=O)cc3)n2)cc1. The maximum absolute atomic E-state index is 12.6. The lowest BCUT2D eigenvalue weighted by Crippen LogP contribution is -2.26. The molecular weight excluding hydrogens is 396 g/mol. The Kier molecular flexibility index (Phi) is 5.83. The second-order valence-electron chi connectivity index (χ2n) is 6.35. The van der Waals surface area contributed by atoms with Crippen LogP contribution in [0.2, 0.25) is 0 Å². The molecule has 0 fully saturated rings. The molecule has 0 bridgehead atoms. The summed E-state index contributed by atoms with van der Waals surface area (Å²) in [6.07, 6.45) is 1.06. The normalized spacial score (nSPS) is 11.1. The predicted octanol–water partition coefficient (Wildman–Crippen LogP) is 2.39. The first kappa shape index (κ1) is 20.3. The second kappa shape index (κ2) is 8.31. The molecule has 29 heavy (non-hydrogen) atoms. The number of amides is 1. The van der Waals surface area contributed by atoms with E-state index >= 15 is 0 Å². The zero-order valence-electron chi connectivity index (χ0n) is 16.1. The van der Waals surface area contributed by atoms with Crippen molar-refractivity contribution >= 4 is 21.6 Å². The smallest absolute Gasteiger partial charge is 0.254 e. The molecule has 0 aliphatic carbocycles. The first-order chi connectivity index (χ1) is 13.7. The summed E-state index contributed by atoms with van der Waals surface area (Å²) in [7, 11) is -0.171. The highest BCUT2D eigenvalue weighted by atomic mass is 32.2. The zero-order valence-corrected chi connectivity index (χ0v) is 16.9. The molecule has 1 N–H and O–H groups in total. The molecule has 3 rings (SSSR count). The van der Waals surface area contributed by atoms with Gasteiger partial charge in [-0.15, -0.1) is 0 Å². The van der Waals surface area contributed by atoms with Gasteiger partial charge in [-0.2, -0.15) is 4.98 Å². The van der Waals surface area contributed by atoms with Crippen LogP contribution in [-0.4, -0.2) is 49.8 Å². The predicted molar refractivity (Wildman–Crippen MR) is 107 cm³/mol. The molecular formula is C19H20N4O5S. The van der Waals surface area contributed by atoms with Crippen molar-refractivity contribution < 1.29 is 22.5 Å². The Hall–Kier alpha value is -3.40. The maximum Gasteiger partial charge on any atom is 0.254 e. The molecule has 10 heteroatoms. The van der Waals surface area contributed by atoms with Gasteiger partial charge in [-0.1, -0.05) is 5.16 Å². The minimum Gasteiger partial charge on any atom is -0.497 e. The Morgan fingerprint density at radius 3 is 2.38 bits per heavy atom. The zero-order chi connectivity index (χ0) is 21.0. The van der Waals surface area contributed by atoms with Crippen LogP contribution in [-0.2, 0) is 16.6 Å². The molecule has 0 saturated carbocycles. The fourth-order valence-electron chi connectivity index (χ4n) is 2.57. The molecule has 0 aliphatic heterocycles. The van der Waals surface area contributed by atoms with E-state index < -0.39 is 10.0 Å². The highest BCUT2D eigenvalue weighted by molar-refractivity contribution is 7.92. The van der Waals surface area contributed by atoms with E-state index in [1.165, 1.54) is 17.0 Å². The number of methoxy groups -OCH3 is 1. The summed E-state index contributed by atoms with van der Waals surface area (Å²) >= 11 is 0.